The molecule has 1 aliphatic heterocycles. The normalized spacial score (nSPS) is 16.1. The van der Waals surface area contributed by atoms with Crippen LogP contribution in [-0.2, 0) is 11.2 Å². The molecule has 1 atom stereocenters. The van der Waals surface area contributed by atoms with Gasteiger partial charge in [-0.3, -0.25) is 4.79 Å². The van der Waals surface area contributed by atoms with Gasteiger partial charge < -0.3 is 19.7 Å². The van der Waals surface area contributed by atoms with E-state index in [4.69, 9.17) is 19.6 Å². The third kappa shape index (κ3) is 5.81. The van der Waals surface area contributed by atoms with Crippen LogP contribution in [0.1, 0.15) is 43.6 Å². The molecule has 0 spiro atoms. The molecule has 1 saturated heterocycles. The molecule has 0 radical (unpaired) electrons. The van der Waals surface area contributed by atoms with Crippen molar-refractivity contribution in [2.24, 2.45) is 11.8 Å². The molecule has 8 heteroatoms. The number of aromatic nitrogens is 3. The van der Waals surface area contributed by atoms with E-state index in [0.29, 0.717) is 30.4 Å². The molecule has 0 saturated carbocycles. The molecule has 1 aromatic carbocycles. The van der Waals surface area contributed by atoms with Gasteiger partial charge in [-0.05, 0) is 62.8 Å². The number of nitrogens with zero attached hydrogens (tertiary/aromatic N) is 4. The Balaban J connectivity index is 1.42. The Labute approximate surface area is 214 Å². The van der Waals surface area contributed by atoms with Crippen LogP contribution < -0.4 is 14.8 Å². The number of hydrogen-bond acceptors (Lipinski definition) is 6. The molecule has 0 bridgehead atoms. The molecule has 194 valence electrons. The SMILES string of the molecule is COc1ccc(-c2cc3nc(C)c(CCC(=O)NC[C@H]4CCN(CC(C)C)C4)c(C)n3n2)c(OC)c1. The van der Waals surface area contributed by atoms with Gasteiger partial charge in [0.1, 0.15) is 11.5 Å². The number of fused-ring (bicyclic) bond motifs is 1. The molecule has 36 heavy (non-hydrogen) atoms. The van der Waals surface area contributed by atoms with E-state index < -0.39 is 0 Å². The maximum absolute atomic E-state index is 12.6. The fourth-order valence-electron chi connectivity index (χ4n) is 5.18. The first-order valence-corrected chi connectivity index (χ1v) is 12.9. The van der Waals surface area contributed by atoms with Crippen molar-refractivity contribution < 1.29 is 14.3 Å². The summed E-state index contributed by atoms with van der Waals surface area (Å²) in [6.45, 7) is 12.7. The first-order valence-electron chi connectivity index (χ1n) is 12.9. The molecular weight excluding hydrogens is 454 g/mol. The van der Waals surface area contributed by atoms with Gasteiger partial charge in [-0.1, -0.05) is 13.8 Å². The maximum atomic E-state index is 12.6. The monoisotopic (exact) mass is 493 g/mol. The number of carbonyl (C=O) groups is 1. The number of methoxy groups -OCH3 is 2. The Hall–Kier alpha value is -3.13. The Kier molecular flexibility index (Phi) is 8.14. The Bertz CT molecular complexity index is 1220. The van der Waals surface area contributed by atoms with Crippen molar-refractivity contribution in [1.29, 1.82) is 0 Å². The van der Waals surface area contributed by atoms with Crippen molar-refractivity contribution in [3.05, 3.63) is 41.2 Å². The summed E-state index contributed by atoms with van der Waals surface area (Å²) >= 11 is 0. The third-order valence-electron chi connectivity index (χ3n) is 7.03. The standard InChI is InChI=1S/C28H39N5O3/c1-18(2)16-32-12-11-21(17-32)15-29-28(34)10-9-23-19(3)30-27-14-25(31-33(27)20(23)4)24-8-7-22(35-5)13-26(24)36-6/h7-8,13-14,18,21H,9-12,15-17H2,1-6H3,(H,29,34)/t21-/m1/s1. The van der Waals surface area contributed by atoms with Gasteiger partial charge in [-0.2, -0.15) is 5.10 Å². The predicted octanol–water partition coefficient (Wildman–Crippen LogP) is 4.06. The number of likely N-dealkylation sites (tertiary alicyclic amines) is 1. The molecule has 2 aromatic heterocycles. The zero-order valence-electron chi connectivity index (χ0n) is 22.4. The van der Waals surface area contributed by atoms with Crippen molar-refractivity contribution in [2.75, 3.05) is 40.4 Å². The molecule has 1 amide bonds. The van der Waals surface area contributed by atoms with Crippen LogP contribution in [0.25, 0.3) is 16.9 Å². The minimum atomic E-state index is 0.0975. The fourth-order valence-corrected chi connectivity index (χ4v) is 5.18. The van der Waals surface area contributed by atoms with E-state index in [1.54, 1.807) is 14.2 Å². The first kappa shape index (κ1) is 25.9. The minimum Gasteiger partial charge on any atom is -0.497 e. The van der Waals surface area contributed by atoms with Crippen LogP contribution in [0.2, 0.25) is 0 Å². The summed E-state index contributed by atoms with van der Waals surface area (Å²) < 4.78 is 12.7. The van der Waals surface area contributed by atoms with Crippen LogP contribution in [-0.4, -0.2) is 65.8 Å². The van der Waals surface area contributed by atoms with E-state index in [1.807, 2.05) is 42.6 Å². The number of hydrogen-bond donors (Lipinski definition) is 1. The number of rotatable bonds is 10. The Morgan fingerprint density at radius 1 is 1.19 bits per heavy atom. The van der Waals surface area contributed by atoms with Gasteiger partial charge >= 0.3 is 0 Å². The highest BCUT2D eigenvalue weighted by atomic mass is 16.5. The summed E-state index contributed by atoms with van der Waals surface area (Å²) in [6, 6.07) is 7.65. The van der Waals surface area contributed by atoms with Gasteiger partial charge in [0.2, 0.25) is 5.91 Å². The number of carbonyl (C=O) groups excluding carboxylic acids is 1. The van der Waals surface area contributed by atoms with Crippen LogP contribution in [0.15, 0.2) is 24.3 Å². The lowest BCUT2D eigenvalue weighted by Crippen LogP contribution is -2.32. The van der Waals surface area contributed by atoms with Crippen LogP contribution in [0.5, 0.6) is 11.5 Å². The third-order valence-corrected chi connectivity index (χ3v) is 7.03. The average Bonchev–Trinajstić information content (AvgIpc) is 3.48. The van der Waals surface area contributed by atoms with Crippen molar-refractivity contribution >= 4 is 11.6 Å². The van der Waals surface area contributed by atoms with E-state index in [2.05, 4.69) is 24.1 Å². The summed E-state index contributed by atoms with van der Waals surface area (Å²) in [5.41, 5.74) is 5.43. The molecule has 0 aliphatic carbocycles. The quantitative estimate of drug-likeness (QED) is 0.459. The highest BCUT2D eigenvalue weighted by molar-refractivity contribution is 5.76. The van der Waals surface area contributed by atoms with Crippen LogP contribution >= 0.6 is 0 Å². The van der Waals surface area contributed by atoms with Crippen LogP contribution in [0.4, 0.5) is 0 Å². The summed E-state index contributed by atoms with van der Waals surface area (Å²) in [5, 5.41) is 7.98. The topological polar surface area (TPSA) is 81.0 Å². The largest absolute Gasteiger partial charge is 0.497 e. The second-order valence-electron chi connectivity index (χ2n) is 10.2. The zero-order chi connectivity index (χ0) is 25.8. The molecule has 3 heterocycles. The highest BCUT2D eigenvalue weighted by Gasteiger charge is 2.23. The number of amides is 1. The molecule has 0 unspecified atom stereocenters. The van der Waals surface area contributed by atoms with E-state index >= 15 is 0 Å². The Morgan fingerprint density at radius 2 is 2.00 bits per heavy atom. The fraction of sp³-hybridized carbons (Fsp3) is 0.536. The van der Waals surface area contributed by atoms with Crippen molar-refractivity contribution in [3.63, 3.8) is 0 Å². The lowest BCUT2D eigenvalue weighted by atomic mass is 10.1. The van der Waals surface area contributed by atoms with Crippen molar-refractivity contribution in [2.45, 2.75) is 47.0 Å². The van der Waals surface area contributed by atoms with Crippen LogP contribution in [0.3, 0.4) is 0 Å². The van der Waals surface area contributed by atoms with Gasteiger partial charge in [0.05, 0.1) is 19.9 Å². The smallest absolute Gasteiger partial charge is 0.220 e. The molecular formula is C28H39N5O3. The number of aryl methyl sites for hydroxylation is 2. The van der Waals surface area contributed by atoms with E-state index in [-0.39, 0.29) is 5.91 Å². The summed E-state index contributed by atoms with van der Waals surface area (Å²) in [4.78, 5) is 19.9. The van der Waals surface area contributed by atoms with E-state index in [1.165, 1.54) is 0 Å². The summed E-state index contributed by atoms with van der Waals surface area (Å²) in [6.07, 6.45) is 2.24. The van der Waals surface area contributed by atoms with Gasteiger partial charge in [0, 0.05) is 55.1 Å². The van der Waals surface area contributed by atoms with Gasteiger partial charge in [-0.15, -0.1) is 0 Å². The molecule has 1 aliphatic rings. The van der Waals surface area contributed by atoms with Gasteiger partial charge in [-0.25, -0.2) is 9.50 Å². The molecule has 4 rings (SSSR count). The van der Waals surface area contributed by atoms with Crippen molar-refractivity contribution in [3.8, 4) is 22.8 Å². The number of benzene rings is 1. The van der Waals surface area contributed by atoms with E-state index in [0.717, 1.165) is 72.2 Å². The molecule has 1 fully saturated rings. The van der Waals surface area contributed by atoms with E-state index in [9.17, 15) is 4.79 Å². The van der Waals surface area contributed by atoms with Crippen molar-refractivity contribution in [1.82, 2.24) is 24.8 Å². The Morgan fingerprint density at radius 3 is 2.72 bits per heavy atom. The second-order valence-corrected chi connectivity index (χ2v) is 10.2. The predicted molar refractivity (Wildman–Crippen MR) is 142 cm³/mol. The number of nitrogens with one attached hydrogen (secondary N) is 1. The lowest BCUT2D eigenvalue weighted by Gasteiger charge is -2.18. The molecule has 1 N–H and O–H groups in total. The maximum Gasteiger partial charge on any atom is 0.220 e. The first-order chi connectivity index (χ1) is 17.3. The number of ether oxygens (including phenoxy) is 2. The minimum absolute atomic E-state index is 0.0975. The molecule has 8 nitrogen and oxygen atoms in total. The zero-order valence-corrected chi connectivity index (χ0v) is 22.4. The van der Waals surface area contributed by atoms with Gasteiger partial charge in [0.15, 0.2) is 5.65 Å². The molecule has 3 aromatic rings. The van der Waals surface area contributed by atoms with Crippen LogP contribution in [0, 0.1) is 25.7 Å². The lowest BCUT2D eigenvalue weighted by molar-refractivity contribution is -0.121. The summed E-state index contributed by atoms with van der Waals surface area (Å²) in [5.74, 6) is 2.75. The summed E-state index contributed by atoms with van der Waals surface area (Å²) in [7, 11) is 3.27. The van der Waals surface area contributed by atoms with Gasteiger partial charge in [0.25, 0.3) is 0 Å². The average molecular weight is 494 g/mol. The second kappa shape index (κ2) is 11.3. The highest BCUT2D eigenvalue weighted by Crippen LogP contribution is 2.33.